The third-order valence-corrected chi connectivity index (χ3v) is 7.92. The van der Waals surface area contributed by atoms with Crippen molar-refractivity contribution in [1.82, 2.24) is 13.8 Å². The summed E-state index contributed by atoms with van der Waals surface area (Å²) in [5, 5.41) is 0. The van der Waals surface area contributed by atoms with Gasteiger partial charge in [-0.3, -0.25) is 9.59 Å². The lowest BCUT2D eigenvalue weighted by Gasteiger charge is -2.34. The van der Waals surface area contributed by atoms with Gasteiger partial charge >= 0.3 is 4.87 Å². The van der Waals surface area contributed by atoms with E-state index in [0.717, 1.165) is 11.3 Å². The number of aromatic nitrogens is 1. The lowest BCUT2D eigenvalue weighted by atomic mass is 10.1. The standard InChI is InChI=1S/C19H18FN3O4S2/c1-21-16-7-6-13(12-17(16)28-19(21)25)29(26,27)23-10-8-22(9-11-23)18(24)14-4-2-3-5-15(14)20/h2-7,12H,8-11H2,1H3. The zero-order chi connectivity index (χ0) is 20.8. The Hall–Kier alpha value is -2.56. The van der Waals surface area contributed by atoms with Gasteiger partial charge in [0.25, 0.3) is 5.91 Å². The molecular weight excluding hydrogens is 417 g/mol. The van der Waals surface area contributed by atoms with Crippen LogP contribution in [0.4, 0.5) is 4.39 Å². The number of aryl methyl sites for hydroxylation is 1. The predicted molar refractivity (Wildman–Crippen MR) is 108 cm³/mol. The molecule has 0 spiro atoms. The minimum Gasteiger partial charge on any atom is -0.336 e. The Bertz CT molecular complexity index is 1260. The van der Waals surface area contributed by atoms with Crippen molar-refractivity contribution in [3.63, 3.8) is 0 Å². The summed E-state index contributed by atoms with van der Waals surface area (Å²) in [6.07, 6.45) is 0. The van der Waals surface area contributed by atoms with Crippen LogP contribution in [-0.4, -0.2) is 54.3 Å². The molecule has 3 aromatic rings. The van der Waals surface area contributed by atoms with Gasteiger partial charge in [-0.2, -0.15) is 4.31 Å². The Kier molecular flexibility index (Phi) is 5.01. The SMILES string of the molecule is Cn1c(=O)sc2cc(S(=O)(=O)N3CCN(C(=O)c4ccccc4F)CC3)ccc21. The predicted octanol–water partition coefficient (Wildman–Crippen LogP) is 1.89. The number of sulfonamides is 1. The zero-order valence-electron chi connectivity index (χ0n) is 15.5. The van der Waals surface area contributed by atoms with E-state index in [-0.39, 0.29) is 41.5 Å². The molecule has 152 valence electrons. The number of thiazole rings is 1. The normalized spacial score (nSPS) is 15.7. The summed E-state index contributed by atoms with van der Waals surface area (Å²) >= 11 is 0.995. The largest absolute Gasteiger partial charge is 0.336 e. The summed E-state index contributed by atoms with van der Waals surface area (Å²) < 4.78 is 43.3. The summed E-state index contributed by atoms with van der Waals surface area (Å²) in [6, 6.07) is 10.4. The van der Waals surface area contributed by atoms with Gasteiger partial charge in [0.05, 0.1) is 20.7 Å². The molecule has 0 bridgehead atoms. The van der Waals surface area contributed by atoms with E-state index < -0.39 is 21.7 Å². The third-order valence-electron chi connectivity index (χ3n) is 5.03. The van der Waals surface area contributed by atoms with Gasteiger partial charge in [0.1, 0.15) is 5.82 Å². The summed E-state index contributed by atoms with van der Waals surface area (Å²) in [4.78, 5) is 25.7. The Morgan fingerprint density at radius 2 is 1.76 bits per heavy atom. The summed E-state index contributed by atoms with van der Waals surface area (Å²) in [6.45, 7) is 0.581. The number of hydrogen-bond acceptors (Lipinski definition) is 5. The Labute approximate surface area is 170 Å². The first-order chi connectivity index (χ1) is 13.8. The lowest BCUT2D eigenvalue weighted by molar-refractivity contribution is 0.0693. The highest BCUT2D eigenvalue weighted by Crippen LogP contribution is 2.24. The average Bonchev–Trinajstić information content (AvgIpc) is 3.01. The van der Waals surface area contributed by atoms with Crippen molar-refractivity contribution in [2.24, 2.45) is 7.05 Å². The van der Waals surface area contributed by atoms with Gasteiger partial charge in [0.15, 0.2) is 0 Å². The van der Waals surface area contributed by atoms with Crippen molar-refractivity contribution < 1.29 is 17.6 Å². The van der Waals surface area contributed by atoms with E-state index in [2.05, 4.69) is 0 Å². The first-order valence-electron chi connectivity index (χ1n) is 8.92. The number of benzene rings is 2. The van der Waals surface area contributed by atoms with Crippen LogP contribution in [-0.2, 0) is 17.1 Å². The first-order valence-corrected chi connectivity index (χ1v) is 11.2. The molecule has 1 fully saturated rings. The minimum atomic E-state index is -3.76. The molecule has 0 N–H and O–H groups in total. The number of nitrogens with zero attached hydrogens (tertiary/aromatic N) is 3. The Morgan fingerprint density at radius 1 is 1.07 bits per heavy atom. The second kappa shape index (κ2) is 7.36. The highest BCUT2D eigenvalue weighted by atomic mass is 32.2. The summed E-state index contributed by atoms with van der Waals surface area (Å²) in [5.74, 6) is -1.04. The number of carbonyl (C=O) groups is 1. The molecule has 1 saturated heterocycles. The number of fused-ring (bicyclic) bond motifs is 1. The van der Waals surface area contributed by atoms with Crippen LogP contribution in [0.15, 0.2) is 52.2 Å². The third kappa shape index (κ3) is 3.47. The molecule has 1 aromatic heterocycles. The fourth-order valence-corrected chi connectivity index (χ4v) is 5.80. The number of carbonyl (C=O) groups excluding carboxylic acids is 1. The van der Waals surface area contributed by atoms with Crippen LogP contribution in [0, 0.1) is 5.82 Å². The van der Waals surface area contributed by atoms with Crippen molar-refractivity contribution >= 4 is 37.5 Å². The molecule has 0 atom stereocenters. The van der Waals surface area contributed by atoms with Crippen LogP contribution in [0.25, 0.3) is 10.2 Å². The molecule has 0 saturated carbocycles. The maximum Gasteiger partial charge on any atom is 0.307 e. The number of amides is 1. The van der Waals surface area contributed by atoms with Crippen molar-refractivity contribution in [3.8, 4) is 0 Å². The Balaban J connectivity index is 1.52. The van der Waals surface area contributed by atoms with Gasteiger partial charge in [-0.15, -0.1) is 0 Å². The van der Waals surface area contributed by atoms with Crippen LogP contribution in [0.3, 0.4) is 0 Å². The van der Waals surface area contributed by atoms with Crippen LogP contribution in [0.2, 0.25) is 0 Å². The van der Waals surface area contributed by atoms with Crippen molar-refractivity contribution in [3.05, 3.63) is 63.5 Å². The number of halogens is 1. The maximum absolute atomic E-state index is 13.9. The fraction of sp³-hybridized carbons (Fsp3) is 0.263. The van der Waals surface area contributed by atoms with E-state index in [1.165, 1.54) is 44.1 Å². The molecule has 4 rings (SSSR count). The van der Waals surface area contributed by atoms with E-state index >= 15 is 0 Å². The second-order valence-corrected chi connectivity index (χ2v) is 9.66. The van der Waals surface area contributed by atoms with Gasteiger partial charge in [0.2, 0.25) is 10.0 Å². The van der Waals surface area contributed by atoms with E-state index in [9.17, 15) is 22.4 Å². The highest BCUT2D eigenvalue weighted by Gasteiger charge is 2.31. The quantitative estimate of drug-likeness (QED) is 0.629. The van der Waals surface area contributed by atoms with Gasteiger partial charge in [0, 0.05) is 33.2 Å². The van der Waals surface area contributed by atoms with Crippen molar-refractivity contribution in [2.75, 3.05) is 26.2 Å². The van der Waals surface area contributed by atoms with Crippen molar-refractivity contribution in [2.45, 2.75) is 4.90 Å². The summed E-state index contributed by atoms with van der Waals surface area (Å²) in [5.41, 5.74) is 0.660. The fourth-order valence-electron chi connectivity index (χ4n) is 3.36. The number of piperazine rings is 1. The molecule has 0 radical (unpaired) electrons. The molecule has 10 heteroatoms. The topological polar surface area (TPSA) is 79.7 Å². The van der Waals surface area contributed by atoms with Crippen LogP contribution in [0.5, 0.6) is 0 Å². The van der Waals surface area contributed by atoms with Crippen LogP contribution in [0.1, 0.15) is 10.4 Å². The van der Waals surface area contributed by atoms with Gasteiger partial charge in [-0.1, -0.05) is 23.5 Å². The van der Waals surface area contributed by atoms with Crippen LogP contribution >= 0.6 is 11.3 Å². The average molecular weight is 436 g/mol. The van der Waals surface area contributed by atoms with E-state index in [1.807, 2.05) is 0 Å². The second-order valence-electron chi connectivity index (χ2n) is 6.73. The monoisotopic (exact) mass is 435 g/mol. The summed E-state index contributed by atoms with van der Waals surface area (Å²) in [7, 11) is -2.12. The van der Waals surface area contributed by atoms with Gasteiger partial charge < -0.3 is 9.47 Å². The van der Waals surface area contributed by atoms with Crippen molar-refractivity contribution in [1.29, 1.82) is 0 Å². The molecule has 2 aromatic carbocycles. The highest BCUT2D eigenvalue weighted by molar-refractivity contribution is 7.89. The molecule has 7 nitrogen and oxygen atoms in total. The molecule has 29 heavy (non-hydrogen) atoms. The molecule has 0 unspecified atom stereocenters. The van der Waals surface area contributed by atoms with E-state index in [1.54, 1.807) is 19.2 Å². The number of hydrogen-bond donors (Lipinski definition) is 0. The zero-order valence-corrected chi connectivity index (χ0v) is 17.2. The molecule has 2 heterocycles. The smallest absolute Gasteiger partial charge is 0.307 e. The molecule has 0 aliphatic carbocycles. The lowest BCUT2D eigenvalue weighted by Crippen LogP contribution is -2.50. The molecule has 1 aliphatic rings. The van der Waals surface area contributed by atoms with Crippen LogP contribution < -0.4 is 4.87 Å². The van der Waals surface area contributed by atoms with E-state index in [0.29, 0.717) is 10.2 Å². The number of rotatable bonds is 3. The van der Waals surface area contributed by atoms with E-state index in [4.69, 9.17) is 0 Å². The minimum absolute atomic E-state index is 0.0201. The molecular formula is C19H18FN3O4S2. The Morgan fingerprint density at radius 3 is 2.45 bits per heavy atom. The first kappa shape index (κ1) is 19.7. The van der Waals surface area contributed by atoms with Gasteiger partial charge in [-0.25, -0.2) is 12.8 Å². The van der Waals surface area contributed by atoms with Gasteiger partial charge in [-0.05, 0) is 30.3 Å². The molecule has 1 amide bonds. The maximum atomic E-state index is 13.9. The molecule has 1 aliphatic heterocycles.